The van der Waals surface area contributed by atoms with Crippen LogP contribution in [0.25, 0.3) is 0 Å². The second-order valence-corrected chi connectivity index (χ2v) is 11.3. The number of ether oxygens (including phenoxy) is 2. The number of thiazole rings is 1. The summed E-state index contributed by atoms with van der Waals surface area (Å²) in [6, 6.07) is 3.21. The van der Waals surface area contributed by atoms with E-state index in [4.69, 9.17) is 26.1 Å². The van der Waals surface area contributed by atoms with E-state index in [1.807, 2.05) is 26.2 Å². The van der Waals surface area contributed by atoms with Crippen LogP contribution >= 0.6 is 22.9 Å². The zero-order valence-corrected chi connectivity index (χ0v) is 22.7. The molecule has 2 heterocycles. The summed E-state index contributed by atoms with van der Waals surface area (Å²) in [5, 5.41) is 8.97. The van der Waals surface area contributed by atoms with E-state index in [0.717, 1.165) is 0 Å². The highest BCUT2D eigenvalue weighted by Gasteiger charge is 2.38. The summed E-state index contributed by atoms with van der Waals surface area (Å²) in [6.07, 6.45) is 4.06. The Hall–Kier alpha value is -2.98. The molecule has 198 valence electrons. The van der Waals surface area contributed by atoms with Crippen LogP contribution in [0.15, 0.2) is 46.0 Å². The van der Waals surface area contributed by atoms with E-state index in [1.165, 1.54) is 30.6 Å². The first kappa shape index (κ1) is 27.1. The molecule has 1 unspecified atom stereocenters. The predicted octanol–water partition coefficient (Wildman–Crippen LogP) is 5.54. The molecule has 1 aromatic heterocycles. The van der Waals surface area contributed by atoms with E-state index >= 15 is 0 Å². The molecule has 8 nitrogen and oxygen atoms in total. The average molecular weight is 549 g/mol. The van der Waals surface area contributed by atoms with Gasteiger partial charge in [0.1, 0.15) is 17.5 Å². The fourth-order valence-corrected chi connectivity index (χ4v) is 5.48. The summed E-state index contributed by atoms with van der Waals surface area (Å²) < 4.78 is 24.4. The Morgan fingerprint density at radius 2 is 1.95 bits per heavy atom. The number of alkyl carbamates (subject to hydrolysis) is 1. The maximum atomic E-state index is 13.8. The van der Waals surface area contributed by atoms with Gasteiger partial charge in [0, 0.05) is 33.9 Å². The highest BCUT2D eigenvalue weighted by Crippen LogP contribution is 2.41. The minimum Gasteiger partial charge on any atom is -0.466 e. The summed E-state index contributed by atoms with van der Waals surface area (Å²) >= 11 is 7.84. The summed E-state index contributed by atoms with van der Waals surface area (Å²) in [5.41, 5.74) is 0.945. The Labute approximate surface area is 224 Å². The van der Waals surface area contributed by atoms with Crippen molar-refractivity contribution in [2.45, 2.75) is 64.1 Å². The third-order valence-corrected chi connectivity index (χ3v) is 7.34. The molecule has 0 bridgehead atoms. The molecule has 0 saturated heterocycles. The van der Waals surface area contributed by atoms with E-state index in [2.05, 4.69) is 15.6 Å². The van der Waals surface area contributed by atoms with Crippen LogP contribution in [0.4, 0.5) is 9.18 Å². The number of hydrogen-bond acceptors (Lipinski definition) is 8. The van der Waals surface area contributed by atoms with E-state index in [9.17, 15) is 14.0 Å². The Bertz CT molecular complexity index is 1220. The predicted molar refractivity (Wildman–Crippen MR) is 140 cm³/mol. The lowest BCUT2D eigenvalue weighted by Crippen LogP contribution is -2.43. The molecule has 1 saturated carbocycles. The molecule has 0 spiro atoms. The Kier molecular flexibility index (Phi) is 8.18. The number of aliphatic imine (C=N–C) groups is 1. The van der Waals surface area contributed by atoms with Crippen molar-refractivity contribution in [3.05, 3.63) is 62.5 Å². The number of benzene rings is 1. The Balaban J connectivity index is 1.65. The lowest BCUT2D eigenvalue weighted by Gasteiger charge is -2.35. The fraction of sp³-hybridized carbons (Fsp3) is 0.462. The number of carbonyl (C=O) groups excluding carboxylic acids is 2. The molecule has 2 aromatic rings. The SMILES string of the molecule is COC(=O)C1=C([C@H]2CC[C@H](NC(=O)OC(C)(C)C)CC2)NC(c2nccs2)=NC1c1ccc(F)cc1Cl. The van der Waals surface area contributed by atoms with Gasteiger partial charge in [0.2, 0.25) is 0 Å². The van der Waals surface area contributed by atoms with Crippen molar-refractivity contribution in [1.82, 2.24) is 15.6 Å². The second-order valence-electron chi connectivity index (χ2n) is 10.0. The summed E-state index contributed by atoms with van der Waals surface area (Å²) in [4.78, 5) is 34.5. The lowest BCUT2D eigenvalue weighted by atomic mass is 9.80. The molecule has 2 aliphatic rings. The van der Waals surface area contributed by atoms with Gasteiger partial charge >= 0.3 is 12.1 Å². The van der Waals surface area contributed by atoms with Crippen molar-refractivity contribution in [3.8, 4) is 0 Å². The van der Waals surface area contributed by atoms with Gasteiger partial charge < -0.3 is 20.1 Å². The number of nitrogens with one attached hydrogen (secondary N) is 2. The van der Waals surface area contributed by atoms with Crippen LogP contribution in [-0.4, -0.2) is 41.6 Å². The van der Waals surface area contributed by atoms with Crippen LogP contribution < -0.4 is 10.6 Å². The van der Waals surface area contributed by atoms with Crippen LogP contribution in [0.1, 0.15) is 63.1 Å². The van der Waals surface area contributed by atoms with Crippen LogP contribution in [-0.2, 0) is 14.3 Å². The molecule has 4 rings (SSSR count). The van der Waals surface area contributed by atoms with Crippen LogP contribution in [0.2, 0.25) is 5.02 Å². The van der Waals surface area contributed by atoms with Crippen molar-refractivity contribution in [2.24, 2.45) is 10.9 Å². The zero-order valence-electron chi connectivity index (χ0n) is 21.1. The molecule has 11 heteroatoms. The largest absolute Gasteiger partial charge is 0.466 e. The van der Waals surface area contributed by atoms with Crippen molar-refractivity contribution in [1.29, 1.82) is 0 Å². The minimum atomic E-state index is -0.798. The Morgan fingerprint density at radius 3 is 2.54 bits per heavy atom. The fourth-order valence-electron chi connectivity index (χ4n) is 4.62. The minimum absolute atomic E-state index is 0.0297. The molecule has 1 aliphatic heterocycles. The first-order valence-corrected chi connectivity index (χ1v) is 13.3. The number of allylic oxidation sites excluding steroid dienone is 1. The topological polar surface area (TPSA) is 102 Å². The normalized spacial score (nSPS) is 22.1. The summed E-state index contributed by atoms with van der Waals surface area (Å²) in [7, 11) is 1.32. The number of methoxy groups -OCH3 is 1. The van der Waals surface area contributed by atoms with E-state index in [-0.39, 0.29) is 17.0 Å². The monoisotopic (exact) mass is 548 g/mol. The average Bonchev–Trinajstić information content (AvgIpc) is 3.37. The molecule has 1 atom stereocenters. The molecule has 1 fully saturated rings. The van der Waals surface area contributed by atoms with Crippen molar-refractivity contribution in [2.75, 3.05) is 7.11 Å². The maximum absolute atomic E-state index is 13.8. The molecule has 1 aliphatic carbocycles. The van der Waals surface area contributed by atoms with Gasteiger partial charge in [-0.15, -0.1) is 11.3 Å². The number of amides is 1. The molecule has 1 amide bonds. The van der Waals surface area contributed by atoms with Crippen molar-refractivity contribution in [3.63, 3.8) is 0 Å². The summed E-state index contributed by atoms with van der Waals surface area (Å²) in [5.74, 6) is -0.537. The van der Waals surface area contributed by atoms with Gasteiger partial charge in [0.15, 0.2) is 10.8 Å². The number of carbonyl (C=O) groups is 2. The number of halogens is 2. The molecular formula is C26H30ClFN4O4S. The van der Waals surface area contributed by atoms with Crippen LogP contribution in [0.5, 0.6) is 0 Å². The van der Waals surface area contributed by atoms with E-state index in [0.29, 0.717) is 53.4 Å². The molecule has 2 N–H and O–H groups in total. The molecule has 0 radical (unpaired) electrons. The molecule has 1 aromatic carbocycles. The highest BCUT2D eigenvalue weighted by atomic mass is 35.5. The van der Waals surface area contributed by atoms with Gasteiger partial charge in [-0.1, -0.05) is 17.7 Å². The van der Waals surface area contributed by atoms with Gasteiger partial charge in [-0.3, -0.25) is 4.99 Å². The third-order valence-electron chi connectivity index (χ3n) is 6.23. The van der Waals surface area contributed by atoms with Gasteiger partial charge in [0.25, 0.3) is 0 Å². The van der Waals surface area contributed by atoms with Crippen LogP contribution in [0.3, 0.4) is 0 Å². The van der Waals surface area contributed by atoms with Gasteiger partial charge in [-0.05, 0) is 64.5 Å². The van der Waals surface area contributed by atoms with Gasteiger partial charge in [-0.25, -0.2) is 19.0 Å². The van der Waals surface area contributed by atoms with Crippen molar-refractivity contribution >= 4 is 40.8 Å². The highest BCUT2D eigenvalue weighted by molar-refractivity contribution is 7.11. The maximum Gasteiger partial charge on any atom is 0.407 e. The van der Waals surface area contributed by atoms with E-state index in [1.54, 1.807) is 12.3 Å². The first-order valence-electron chi connectivity index (χ1n) is 12.1. The number of nitrogens with zero attached hydrogens (tertiary/aromatic N) is 2. The van der Waals surface area contributed by atoms with Crippen LogP contribution in [0, 0.1) is 11.7 Å². The summed E-state index contributed by atoms with van der Waals surface area (Å²) in [6.45, 7) is 5.47. The first-order chi connectivity index (χ1) is 17.6. The van der Waals surface area contributed by atoms with E-state index < -0.39 is 29.5 Å². The number of rotatable bonds is 5. The molecule has 37 heavy (non-hydrogen) atoms. The zero-order chi connectivity index (χ0) is 26.7. The lowest BCUT2D eigenvalue weighted by molar-refractivity contribution is -0.136. The smallest absolute Gasteiger partial charge is 0.407 e. The Morgan fingerprint density at radius 1 is 1.22 bits per heavy atom. The third kappa shape index (κ3) is 6.48. The standard InChI is InChI=1S/C26H30ClFN4O4S/c1-26(2,3)36-25(34)30-16-8-5-14(6-9-16)20-19(24(33)35-4)21(17-10-7-15(28)13-18(17)27)32-22(31-20)23-29-11-12-37-23/h7,10-14,16,21H,5-6,8-9H2,1-4H3,(H,30,34)(H,31,32)/t14-,16-,21?. The number of amidine groups is 1. The molecular weight excluding hydrogens is 519 g/mol. The second kappa shape index (κ2) is 11.2. The van der Waals surface area contributed by atoms with Gasteiger partial charge in [0.05, 0.1) is 12.7 Å². The van der Waals surface area contributed by atoms with Gasteiger partial charge in [-0.2, -0.15) is 0 Å². The van der Waals surface area contributed by atoms with Crippen molar-refractivity contribution < 1.29 is 23.5 Å². The number of hydrogen-bond donors (Lipinski definition) is 2. The number of aromatic nitrogens is 1. The quantitative estimate of drug-likeness (QED) is 0.476. The number of esters is 1.